The number of benzene rings is 1. The summed E-state index contributed by atoms with van der Waals surface area (Å²) >= 11 is 0. The Morgan fingerprint density at radius 1 is 1.12 bits per heavy atom. The van der Waals surface area contributed by atoms with Crippen LogP contribution in [0.15, 0.2) is 24.3 Å². The molecular weight excluding hydrogens is 329 g/mol. The van der Waals surface area contributed by atoms with Crippen molar-refractivity contribution in [2.24, 2.45) is 5.92 Å². The van der Waals surface area contributed by atoms with E-state index in [1.165, 1.54) is 31.9 Å². The highest BCUT2D eigenvalue weighted by Gasteiger charge is 2.37. The van der Waals surface area contributed by atoms with Crippen LogP contribution >= 0.6 is 0 Å². The first-order valence-corrected chi connectivity index (χ1v) is 10.2. The van der Waals surface area contributed by atoms with Gasteiger partial charge in [-0.25, -0.2) is 4.39 Å². The van der Waals surface area contributed by atoms with E-state index in [0.29, 0.717) is 18.9 Å². The molecule has 2 aliphatic heterocycles. The minimum absolute atomic E-state index is 0.135. The summed E-state index contributed by atoms with van der Waals surface area (Å²) in [6, 6.07) is 7.74. The summed E-state index contributed by atoms with van der Waals surface area (Å²) in [6.07, 6.45) is 5.68. The van der Waals surface area contributed by atoms with Gasteiger partial charge >= 0.3 is 0 Å². The molecular formula is C21H30FN3O. The van der Waals surface area contributed by atoms with Gasteiger partial charge in [-0.05, 0) is 37.7 Å². The lowest BCUT2D eigenvalue weighted by Crippen LogP contribution is -2.39. The molecule has 0 radical (unpaired) electrons. The smallest absolute Gasteiger partial charge is 0.223 e. The van der Waals surface area contributed by atoms with Crippen molar-refractivity contribution in [2.45, 2.75) is 44.7 Å². The van der Waals surface area contributed by atoms with E-state index >= 15 is 0 Å². The number of rotatable bonds is 5. The van der Waals surface area contributed by atoms with Crippen molar-refractivity contribution >= 4 is 5.91 Å². The van der Waals surface area contributed by atoms with Crippen molar-refractivity contribution in [3.63, 3.8) is 0 Å². The van der Waals surface area contributed by atoms with Crippen molar-refractivity contribution in [3.8, 4) is 0 Å². The number of halogens is 1. The van der Waals surface area contributed by atoms with Gasteiger partial charge in [0.05, 0.1) is 0 Å². The first-order chi connectivity index (χ1) is 12.7. The molecule has 1 aromatic carbocycles. The van der Waals surface area contributed by atoms with Gasteiger partial charge in [0, 0.05) is 63.8 Å². The number of piperidine rings is 1. The van der Waals surface area contributed by atoms with E-state index in [9.17, 15) is 9.18 Å². The summed E-state index contributed by atoms with van der Waals surface area (Å²) in [7, 11) is 0. The highest BCUT2D eigenvalue weighted by molar-refractivity contribution is 5.76. The molecule has 0 aromatic heterocycles. The molecule has 4 rings (SSSR count). The second-order valence-electron chi connectivity index (χ2n) is 8.18. The lowest BCUT2D eigenvalue weighted by molar-refractivity contribution is -0.131. The van der Waals surface area contributed by atoms with Crippen LogP contribution in [0.2, 0.25) is 0 Å². The molecule has 0 unspecified atom stereocenters. The molecule has 0 spiro atoms. The largest absolute Gasteiger partial charge is 0.341 e. The molecule has 142 valence electrons. The topological polar surface area (TPSA) is 26.8 Å². The molecule has 1 aliphatic carbocycles. The normalized spacial score (nSPS) is 27.0. The lowest BCUT2D eigenvalue weighted by Gasteiger charge is -2.28. The molecule has 26 heavy (non-hydrogen) atoms. The number of likely N-dealkylation sites (tertiary alicyclic amines) is 1. The quantitative estimate of drug-likeness (QED) is 0.809. The van der Waals surface area contributed by atoms with Gasteiger partial charge in [-0.2, -0.15) is 0 Å². The Kier molecular flexibility index (Phi) is 5.55. The van der Waals surface area contributed by atoms with Crippen LogP contribution in [-0.4, -0.2) is 65.9 Å². The molecule has 3 fully saturated rings. The van der Waals surface area contributed by atoms with E-state index in [4.69, 9.17) is 0 Å². The van der Waals surface area contributed by atoms with Gasteiger partial charge in [0.25, 0.3) is 0 Å². The average molecular weight is 359 g/mol. The van der Waals surface area contributed by atoms with E-state index in [1.54, 1.807) is 6.07 Å². The Morgan fingerprint density at radius 2 is 2.00 bits per heavy atom. The van der Waals surface area contributed by atoms with Crippen LogP contribution in [0.5, 0.6) is 0 Å². The predicted octanol–water partition coefficient (Wildman–Crippen LogP) is 2.73. The third-order valence-electron chi connectivity index (χ3n) is 6.43. The van der Waals surface area contributed by atoms with E-state index < -0.39 is 0 Å². The van der Waals surface area contributed by atoms with Crippen molar-refractivity contribution in [1.29, 1.82) is 0 Å². The molecule has 2 bridgehead atoms. The minimum atomic E-state index is -0.135. The van der Waals surface area contributed by atoms with Gasteiger partial charge < -0.3 is 4.90 Å². The van der Waals surface area contributed by atoms with E-state index in [1.807, 2.05) is 17.0 Å². The molecule has 0 N–H and O–H groups in total. The first kappa shape index (κ1) is 17.9. The number of hydrogen-bond donors (Lipinski definition) is 0. The molecule has 4 nitrogen and oxygen atoms in total. The highest BCUT2D eigenvalue weighted by Crippen LogP contribution is 2.37. The van der Waals surface area contributed by atoms with Crippen LogP contribution in [0.25, 0.3) is 0 Å². The minimum Gasteiger partial charge on any atom is -0.341 e. The molecule has 3 aliphatic rings. The van der Waals surface area contributed by atoms with Gasteiger partial charge in [0.1, 0.15) is 5.82 Å². The van der Waals surface area contributed by atoms with Crippen LogP contribution in [0, 0.1) is 11.7 Å². The summed E-state index contributed by atoms with van der Waals surface area (Å²) in [5.74, 6) is 1.05. The van der Waals surface area contributed by atoms with Crippen molar-refractivity contribution < 1.29 is 9.18 Å². The van der Waals surface area contributed by atoms with Gasteiger partial charge in [-0.3, -0.25) is 14.6 Å². The molecule has 5 heteroatoms. The third kappa shape index (κ3) is 4.09. The SMILES string of the molecule is O=C(CCN1C[C@@H]2CC[C@H]1C2)N1CCCN(Cc2ccccc2F)CC1. The molecule has 2 saturated heterocycles. The second kappa shape index (κ2) is 8.05. The maximum Gasteiger partial charge on any atom is 0.223 e. The van der Waals surface area contributed by atoms with Crippen molar-refractivity contribution in [2.75, 3.05) is 39.3 Å². The third-order valence-corrected chi connectivity index (χ3v) is 6.43. The molecule has 1 amide bonds. The zero-order valence-corrected chi connectivity index (χ0v) is 15.6. The fourth-order valence-electron chi connectivity index (χ4n) is 4.94. The summed E-state index contributed by atoms with van der Waals surface area (Å²) in [6.45, 7) is 6.11. The van der Waals surface area contributed by atoms with Gasteiger partial charge in [-0.1, -0.05) is 18.2 Å². The van der Waals surface area contributed by atoms with Crippen molar-refractivity contribution in [1.82, 2.24) is 14.7 Å². The van der Waals surface area contributed by atoms with Gasteiger partial charge in [0.15, 0.2) is 0 Å². The number of hydrogen-bond acceptors (Lipinski definition) is 3. The number of fused-ring (bicyclic) bond motifs is 2. The molecule has 2 atom stereocenters. The lowest BCUT2D eigenvalue weighted by atomic mass is 10.1. The zero-order chi connectivity index (χ0) is 17.9. The fraction of sp³-hybridized carbons (Fsp3) is 0.667. The highest BCUT2D eigenvalue weighted by atomic mass is 19.1. The monoisotopic (exact) mass is 359 g/mol. The first-order valence-electron chi connectivity index (χ1n) is 10.2. The summed E-state index contributed by atoms with van der Waals surface area (Å²) in [5.41, 5.74) is 0.747. The molecule has 2 heterocycles. The van der Waals surface area contributed by atoms with Crippen LogP contribution in [0.3, 0.4) is 0 Å². The number of carbonyl (C=O) groups is 1. The number of amides is 1. The van der Waals surface area contributed by atoms with Gasteiger partial charge in [0.2, 0.25) is 5.91 Å². The summed E-state index contributed by atoms with van der Waals surface area (Å²) in [5, 5.41) is 0. The number of nitrogens with zero attached hydrogens (tertiary/aromatic N) is 3. The van der Waals surface area contributed by atoms with Crippen molar-refractivity contribution in [3.05, 3.63) is 35.6 Å². The van der Waals surface area contributed by atoms with Gasteiger partial charge in [-0.15, -0.1) is 0 Å². The Morgan fingerprint density at radius 3 is 2.77 bits per heavy atom. The number of carbonyl (C=O) groups excluding carboxylic acids is 1. The molecule has 1 aromatic rings. The van der Waals surface area contributed by atoms with Crippen LogP contribution in [-0.2, 0) is 11.3 Å². The van der Waals surface area contributed by atoms with Crippen LogP contribution < -0.4 is 0 Å². The maximum absolute atomic E-state index is 13.9. The molecule has 1 saturated carbocycles. The maximum atomic E-state index is 13.9. The van der Waals surface area contributed by atoms with Crippen LogP contribution in [0.1, 0.15) is 37.7 Å². The summed E-state index contributed by atoms with van der Waals surface area (Å²) in [4.78, 5) is 19.5. The fourth-order valence-corrected chi connectivity index (χ4v) is 4.94. The second-order valence-corrected chi connectivity index (χ2v) is 8.18. The zero-order valence-electron chi connectivity index (χ0n) is 15.6. The predicted molar refractivity (Wildman–Crippen MR) is 100 cm³/mol. The van der Waals surface area contributed by atoms with Crippen LogP contribution in [0.4, 0.5) is 4.39 Å². The van der Waals surface area contributed by atoms with E-state index in [0.717, 1.165) is 56.7 Å². The van der Waals surface area contributed by atoms with E-state index in [-0.39, 0.29) is 5.82 Å². The Hall–Kier alpha value is -1.46. The Bertz CT molecular complexity index is 637. The average Bonchev–Trinajstić information content (AvgIpc) is 3.19. The summed E-state index contributed by atoms with van der Waals surface area (Å²) < 4.78 is 13.9. The van der Waals surface area contributed by atoms with E-state index in [2.05, 4.69) is 9.80 Å². The Balaban J connectivity index is 1.24. The standard InChI is InChI=1S/C21H30FN3O/c22-20-5-2-1-4-18(20)16-23-9-3-10-24(13-12-23)21(26)8-11-25-15-17-6-7-19(25)14-17/h1-2,4-5,17,19H,3,6-16H2/t17-,19+/m1/s1. The Labute approximate surface area is 155 Å².